The average molecular weight is 220 g/mol. The van der Waals surface area contributed by atoms with E-state index in [0.29, 0.717) is 5.84 Å². The summed E-state index contributed by atoms with van der Waals surface area (Å²) in [6.07, 6.45) is -0.762. The highest BCUT2D eigenvalue weighted by Gasteiger charge is 2.13. The monoisotopic (exact) mass is 220 g/mol. The smallest absolute Gasteiger partial charge is 0.144 e. The molecular formula is C13H20N2O. The van der Waals surface area contributed by atoms with Crippen LogP contribution in [0.25, 0.3) is 0 Å². The van der Waals surface area contributed by atoms with E-state index in [-0.39, 0.29) is 5.41 Å². The number of amidine groups is 1. The summed E-state index contributed by atoms with van der Waals surface area (Å²) >= 11 is 0. The van der Waals surface area contributed by atoms with Gasteiger partial charge < -0.3 is 10.8 Å². The lowest BCUT2D eigenvalue weighted by Gasteiger charge is -2.19. The summed E-state index contributed by atoms with van der Waals surface area (Å²) in [5.41, 5.74) is 7.97. The van der Waals surface area contributed by atoms with Crippen LogP contribution in [0.5, 0.6) is 0 Å². The van der Waals surface area contributed by atoms with Gasteiger partial charge in [0.1, 0.15) is 12.1 Å². The molecule has 0 spiro atoms. The van der Waals surface area contributed by atoms with Crippen LogP contribution >= 0.6 is 0 Å². The molecule has 0 aromatic heterocycles. The van der Waals surface area contributed by atoms with Gasteiger partial charge in [-0.05, 0) is 17.9 Å². The van der Waals surface area contributed by atoms with Crippen molar-refractivity contribution in [3.63, 3.8) is 0 Å². The van der Waals surface area contributed by atoms with Crippen LogP contribution in [-0.4, -0.2) is 17.2 Å². The van der Waals surface area contributed by atoms with Gasteiger partial charge in [-0.3, -0.25) is 0 Å². The van der Waals surface area contributed by atoms with Gasteiger partial charge in [-0.1, -0.05) is 45.0 Å². The topological polar surface area (TPSA) is 58.6 Å². The molecule has 3 nitrogen and oxygen atoms in total. The molecule has 0 aliphatic heterocycles. The number of nitrogens with zero attached hydrogens (tertiary/aromatic N) is 1. The fraction of sp³-hybridized carbons (Fsp3) is 0.462. The maximum absolute atomic E-state index is 9.10. The number of nitrogens with two attached hydrogens (primary N) is 1. The van der Waals surface area contributed by atoms with Gasteiger partial charge in [-0.25, -0.2) is 4.99 Å². The van der Waals surface area contributed by atoms with E-state index >= 15 is 0 Å². The third-order valence-corrected chi connectivity index (χ3v) is 2.37. The lowest BCUT2D eigenvalue weighted by Crippen LogP contribution is -2.17. The molecule has 1 aromatic carbocycles. The highest BCUT2D eigenvalue weighted by atomic mass is 16.3. The van der Waals surface area contributed by atoms with E-state index in [1.54, 1.807) is 6.92 Å². The first kappa shape index (κ1) is 12.7. The molecule has 0 aliphatic rings. The van der Waals surface area contributed by atoms with E-state index < -0.39 is 6.23 Å². The van der Waals surface area contributed by atoms with Crippen molar-refractivity contribution in [1.82, 2.24) is 0 Å². The van der Waals surface area contributed by atoms with Crippen molar-refractivity contribution in [2.24, 2.45) is 10.7 Å². The fourth-order valence-corrected chi connectivity index (χ4v) is 1.42. The SMILES string of the molecule is C[C@@H](O)/N=C(\N)c1ccc(C(C)(C)C)cc1. The van der Waals surface area contributed by atoms with Gasteiger partial charge in [0.05, 0.1) is 0 Å². The third-order valence-electron chi connectivity index (χ3n) is 2.37. The van der Waals surface area contributed by atoms with E-state index in [0.717, 1.165) is 5.56 Å². The lowest BCUT2D eigenvalue weighted by atomic mass is 9.86. The lowest BCUT2D eigenvalue weighted by molar-refractivity contribution is 0.205. The summed E-state index contributed by atoms with van der Waals surface area (Å²) in [5, 5.41) is 9.10. The predicted octanol–water partition coefficient (Wildman–Crippen LogP) is 2.03. The first-order chi connectivity index (χ1) is 7.30. The second-order valence-corrected chi connectivity index (χ2v) is 4.97. The second-order valence-electron chi connectivity index (χ2n) is 4.97. The van der Waals surface area contributed by atoms with Crippen LogP contribution in [0.3, 0.4) is 0 Å². The molecule has 1 atom stereocenters. The Morgan fingerprint density at radius 3 is 2.12 bits per heavy atom. The number of hydrogen-bond donors (Lipinski definition) is 2. The Bertz CT molecular complexity index is 372. The molecule has 0 fully saturated rings. The molecule has 0 heterocycles. The summed E-state index contributed by atoms with van der Waals surface area (Å²) < 4.78 is 0. The first-order valence-corrected chi connectivity index (χ1v) is 5.43. The van der Waals surface area contributed by atoms with E-state index in [4.69, 9.17) is 10.8 Å². The standard InChI is InChI=1S/C13H20N2O/c1-9(16)15-12(14)10-5-7-11(8-6-10)13(2,3)4/h5-9,16H,1-4H3,(H2,14,15)/t9-/m1/s1. The fourth-order valence-electron chi connectivity index (χ4n) is 1.42. The van der Waals surface area contributed by atoms with Crippen molar-refractivity contribution in [3.05, 3.63) is 35.4 Å². The van der Waals surface area contributed by atoms with Crippen LogP contribution in [-0.2, 0) is 5.41 Å². The second kappa shape index (κ2) is 4.66. The molecule has 0 amide bonds. The van der Waals surface area contributed by atoms with Gasteiger partial charge in [-0.2, -0.15) is 0 Å². The summed E-state index contributed by atoms with van der Waals surface area (Å²) in [6, 6.07) is 7.95. The highest BCUT2D eigenvalue weighted by Crippen LogP contribution is 2.22. The zero-order valence-electron chi connectivity index (χ0n) is 10.4. The van der Waals surface area contributed by atoms with Gasteiger partial charge in [0, 0.05) is 5.56 Å². The van der Waals surface area contributed by atoms with Crippen LogP contribution in [0.4, 0.5) is 0 Å². The minimum Gasteiger partial charge on any atom is -0.383 e. The maximum atomic E-state index is 9.10. The van der Waals surface area contributed by atoms with Crippen LogP contribution in [0.15, 0.2) is 29.3 Å². The summed E-state index contributed by atoms with van der Waals surface area (Å²) in [6.45, 7) is 8.07. The molecule has 0 saturated carbocycles. The van der Waals surface area contributed by atoms with Crippen molar-refractivity contribution in [3.8, 4) is 0 Å². The van der Waals surface area contributed by atoms with E-state index in [9.17, 15) is 0 Å². The van der Waals surface area contributed by atoms with E-state index in [1.165, 1.54) is 5.56 Å². The predicted molar refractivity (Wildman–Crippen MR) is 67.5 cm³/mol. The summed E-state index contributed by atoms with van der Waals surface area (Å²) in [7, 11) is 0. The van der Waals surface area contributed by atoms with Crippen LogP contribution < -0.4 is 5.73 Å². The van der Waals surface area contributed by atoms with Gasteiger partial charge in [0.2, 0.25) is 0 Å². The molecule has 88 valence electrons. The van der Waals surface area contributed by atoms with Crippen LogP contribution in [0.2, 0.25) is 0 Å². The third kappa shape index (κ3) is 3.35. The zero-order chi connectivity index (χ0) is 12.3. The van der Waals surface area contributed by atoms with Gasteiger partial charge in [0.25, 0.3) is 0 Å². The molecule has 0 bridgehead atoms. The Kier molecular flexibility index (Phi) is 3.70. The Balaban J connectivity index is 2.96. The van der Waals surface area contributed by atoms with Crippen molar-refractivity contribution < 1.29 is 5.11 Å². The molecule has 3 heteroatoms. The Morgan fingerprint density at radius 2 is 1.75 bits per heavy atom. The van der Waals surface area contributed by atoms with E-state index in [2.05, 4.69) is 25.8 Å². The van der Waals surface area contributed by atoms with Gasteiger partial charge in [0.15, 0.2) is 0 Å². The quantitative estimate of drug-likeness (QED) is 0.592. The number of hydrogen-bond acceptors (Lipinski definition) is 2. The molecule has 1 rings (SSSR count). The largest absolute Gasteiger partial charge is 0.383 e. The van der Waals surface area contributed by atoms with Crippen molar-refractivity contribution in [2.45, 2.75) is 39.3 Å². The Labute approximate surface area is 97.0 Å². The minimum atomic E-state index is -0.762. The average Bonchev–Trinajstić information content (AvgIpc) is 2.15. The first-order valence-electron chi connectivity index (χ1n) is 5.43. The number of rotatable bonds is 2. The highest BCUT2D eigenvalue weighted by molar-refractivity contribution is 5.97. The zero-order valence-corrected chi connectivity index (χ0v) is 10.4. The molecule has 1 aromatic rings. The Hall–Kier alpha value is -1.35. The molecule has 0 aliphatic carbocycles. The van der Waals surface area contributed by atoms with Crippen LogP contribution in [0, 0.1) is 0 Å². The van der Waals surface area contributed by atoms with Gasteiger partial charge in [-0.15, -0.1) is 0 Å². The molecule has 0 saturated heterocycles. The Morgan fingerprint density at radius 1 is 1.25 bits per heavy atom. The summed E-state index contributed by atoms with van der Waals surface area (Å²) in [4.78, 5) is 3.89. The summed E-state index contributed by atoms with van der Waals surface area (Å²) in [5.74, 6) is 0.371. The number of aliphatic hydroxyl groups is 1. The normalized spacial score (nSPS) is 14.9. The molecule has 3 N–H and O–H groups in total. The van der Waals surface area contributed by atoms with E-state index in [1.807, 2.05) is 24.3 Å². The maximum Gasteiger partial charge on any atom is 0.144 e. The molecule has 16 heavy (non-hydrogen) atoms. The number of benzene rings is 1. The number of aliphatic imine (C=N–C) groups is 1. The van der Waals surface area contributed by atoms with Crippen LogP contribution in [0.1, 0.15) is 38.8 Å². The molecule has 0 unspecified atom stereocenters. The number of aliphatic hydroxyl groups excluding tert-OH is 1. The van der Waals surface area contributed by atoms with Crippen molar-refractivity contribution in [2.75, 3.05) is 0 Å². The van der Waals surface area contributed by atoms with Crippen molar-refractivity contribution >= 4 is 5.84 Å². The molecule has 0 radical (unpaired) electrons. The molecular weight excluding hydrogens is 200 g/mol. The van der Waals surface area contributed by atoms with Gasteiger partial charge >= 0.3 is 0 Å². The van der Waals surface area contributed by atoms with Crippen molar-refractivity contribution in [1.29, 1.82) is 0 Å². The minimum absolute atomic E-state index is 0.134.